The minimum atomic E-state index is -0.0469. The highest BCUT2D eigenvalue weighted by Gasteiger charge is 2.39. The van der Waals surface area contributed by atoms with Crippen molar-refractivity contribution in [2.75, 3.05) is 6.73 Å². The van der Waals surface area contributed by atoms with Crippen molar-refractivity contribution < 1.29 is 9.53 Å². The van der Waals surface area contributed by atoms with Crippen LogP contribution in [0.15, 0.2) is 47.7 Å². The van der Waals surface area contributed by atoms with Crippen LogP contribution >= 0.6 is 0 Å². The van der Waals surface area contributed by atoms with Gasteiger partial charge >= 0.3 is 0 Å². The molecule has 2 aliphatic carbocycles. The predicted octanol–water partition coefficient (Wildman–Crippen LogP) is 4.37. The van der Waals surface area contributed by atoms with Gasteiger partial charge in [0.15, 0.2) is 6.73 Å². The number of azide groups is 1. The van der Waals surface area contributed by atoms with Crippen LogP contribution in [0.3, 0.4) is 0 Å². The van der Waals surface area contributed by atoms with Crippen LogP contribution < -0.4 is 4.74 Å². The summed E-state index contributed by atoms with van der Waals surface area (Å²) in [5, 5.41) is 12.6. The van der Waals surface area contributed by atoms with E-state index in [1.807, 2.05) is 42.6 Å². The van der Waals surface area contributed by atoms with E-state index in [1.165, 1.54) is 11.3 Å². The van der Waals surface area contributed by atoms with E-state index in [9.17, 15) is 4.79 Å². The molecule has 1 N–H and O–H groups in total. The second-order valence-electron chi connectivity index (χ2n) is 7.94. The van der Waals surface area contributed by atoms with Gasteiger partial charge in [0.25, 0.3) is 5.91 Å². The molecule has 0 spiro atoms. The third-order valence-corrected chi connectivity index (χ3v) is 5.97. The number of rotatable bonds is 6. The molecule has 30 heavy (non-hydrogen) atoms. The summed E-state index contributed by atoms with van der Waals surface area (Å²) in [5.74, 6) is 0.742. The van der Waals surface area contributed by atoms with Crippen LogP contribution in [0.4, 0.5) is 0 Å². The van der Waals surface area contributed by atoms with E-state index >= 15 is 0 Å². The third kappa shape index (κ3) is 3.57. The minimum Gasteiger partial charge on any atom is -0.488 e. The lowest BCUT2D eigenvalue weighted by atomic mass is 9.91. The Bertz CT molecular complexity index is 1150. The number of fused-ring (bicyclic) bond motifs is 2. The fourth-order valence-corrected chi connectivity index (χ4v) is 4.34. The number of nitrogens with one attached hydrogen (secondary N) is 1. The summed E-state index contributed by atoms with van der Waals surface area (Å²) in [6.07, 6.45) is 6.84. The topological polar surface area (TPSA) is 107 Å². The van der Waals surface area contributed by atoms with Crippen molar-refractivity contribution in [3.05, 3.63) is 69.9 Å². The summed E-state index contributed by atoms with van der Waals surface area (Å²) in [7, 11) is 0. The zero-order chi connectivity index (χ0) is 20.5. The Morgan fingerprint density at radius 1 is 1.20 bits per heavy atom. The van der Waals surface area contributed by atoms with E-state index < -0.39 is 0 Å². The van der Waals surface area contributed by atoms with Crippen LogP contribution in [0.5, 0.6) is 5.75 Å². The van der Waals surface area contributed by atoms with Crippen molar-refractivity contribution in [1.29, 1.82) is 0 Å². The molecule has 1 aromatic heterocycles. The number of amides is 1. The molecule has 1 unspecified atom stereocenters. The van der Waals surface area contributed by atoms with Crippen molar-refractivity contribution in [3.63, 3.8) is 0 Å². The van der Waals surface area contributed by atoms with Crippen LogP contribution in [0, 0.1) is 0 Å². The Morgan fingerprint density at radius 3 is 2.87 bits per heavy atom. The maximum Gasteiger partial charge on any atom is 0.254 e. The fourth-order valence-electron chi connectivity index (χ4n) is 4.34. The van der Waals surface area contributed by atoms with Gasteiger partial charge in [0.2, 0.25) is 0 Å². The molecule has 8 heteroatoms. The lowest BCUT2D eigenvalue weighted by Gasteiger charge is -2.34. The molecule has 1 saturated carbocycles. The Labute approximate surface area is 173 Å². The summed E-state index contributed by atoms with van der Waals surface area (Å²) < 4.78 is 5.41. The van der Waals surface area contributed by atoms with Gasteiger partial charge < -0.3 is 9.64 Å². The quantitative estimate of drug-likeness (QED) is 0.376. The second kappa shape index (κ2) is 7.72. The molecule has 1 atom stereocenters. The number of hydrogen-bond donors (Lipinski definition) is 1. The van der Waals surface area contributed by atoms with Crippen molar-refractivity contribution >= 4 is 16.7 Å². The molecule has 1 fully saturated rings. The number of aromatic amines is 1. The maximum atomic E-state index is 13.5. The molecule has 8 nitrogen and oxygen atoms in total. The number of hydrogen-bond acceptors (Lipinski definition) is 4. The average molecular weight is 402 g/mol. The molecule has 1 amide bonds. The van der Waals surface area contributed by atoms with Crippen LogP contribution in [-0.2, 0) is 12.8 Å². The van der Waals surface area contributed by atoms with Gasteiger partial charge in [0.05, 0.1) is 6.20 Å². The first-order valence-corrected chi connectivity index (χ1v) is 10.2. The van der Waals surface area contributed by atoms with Gasteiger partial charge in [-0.15, -0.1) is 0 Å². The lowest BCUT2D eigenvalue weighted by molar-refractivity contribution is 0.0643. The summed E-state index contributed by atoms with van der Waals surface area (Å²) in [6, 6.07) is 12.0. The summed E-state index contributed by atoms with van der Waals surface area (Å²) in [4.78, 5) is 18.3. The van der Waals surface area contributed by atoms with E-state index in [4.69, 9.17) is 10.3 Å². The maximum absolute atomic E-state index is 13.5. The normalized spacial score (nSPS) is 17.8. The third-order valence-electron chi connectivity index (χ3n) is 5.97. The highest BCUT2D eigenvalue weighted by Crippen LogP contribution is 2.35. The Kier molecular flexibility index (Phi) is 4.77. The van der Waals surface area contributed by atoms with E-state index in [2.05, 4.69) is 25.1 Å². The molecule has 0 radical (unpaired) electrons. The number of carbonyl (C=O) groups excluding carboxylic acids is 1. The predicted molar refractivity (Wildman–Crippen MR) is 112 cm³/mol. The number of nitrogens with zero attached hydrogens (tertiary/aromatic N) is 5. The molecule has 0 bridgehead atoms. The Hall–Kier alpha value is -3.51. The summed E-state index contributed by atoms with van der Waals surface area (Å²) in [5.41, 5.74) is 11.5. The highest BCUT2D eigenvalue weighted by atomic mass is 16.5. The average Bonchev–Trinajstić information content (AvgIpc) is 3.49. The number of ether oxygens (including phenoxy) is 1. The van der Waals surface area contributed by atoms with Gasteiger partial charge in [0, 0.05) is 28.3 Å². The largest absolute Gasteiger partial charge is 0.488 e. The molecule has 0 aliphatic heterocycles. The molecule has 3 aromatic rings. The molecular formula is C22H22N6O2. The van der Waals surface area contributed by atoms with Gasteiger partial charge in [-0.2, -0.15) is 5.10 Å². The van der Waals surface area contributed by atoms with E-state index in [0.29, 0.717) is 11.8 Å². The molecule has 2 aromatic carbocycles. The number of carbonyl (C=O) groups is 1. The number of aryl methyl sites for hydroxylation is 1. The van der Waals surface area contributed by atoms with Crippen molar-refractivity contribution in [2.45, 2.75) is 44.2 Å². The summed E-state index contributed by atoms with van der Waals surface area (Å²) in [6.45, 7) is -0.0469. The monoisotopic (exact) mass is 402 g/mol. The van der Waals surface area contributed by atoms with E-state index in [1.54, 1.807) is 0 Å². The Balaban J connectivity index is 1.38. The van der Waals surface area contributed by atoms with Gasteiger partial charge in [-0.1, -0.05) is 17.2 Å². The van der Waals surface area contributed by atoms with Crippen LogP contribution in [0.1, 0.15) is 40.9 Å². The standard InChI is InChI=1S/C22H22N6O2/c23-27-25-13-30-20-7-3-14-9-16(2-1-15(14)11-20)22(29)28(18-4-5-18)19-6-8-21-17(10-19)12-24-26-21/h1-3,7,9,11-12,18-19H,4-6,8,10,13H2,(H,24,26). The smallest absolute Gasteiger partial charge is 0.254 e. The van der Waals surface area contributed by atoms with Crippen molar-refractivity contribution in [3.8, 4) is 5.75 Å². The van der Waals surface area contributed by atoms with Gasteiger partial charge in [-0.05, 0) is 78.2 Å². The first kappa shape index (κ1) is 18.5. The van der Waals surface area contributed by atoms with E-state index in [0.717, 1.165) is 48.4 Å². The van der Waals surface area contributed by atoms with Gasteiger partial charge in [-0.3, -0.25) is 9.89 Å². The summed E-state index contributed by atoms with van der Waals surface area (Å²) >= 11 is 0. The first-order valence-electron chi connectivity index (χ1n) is 10.2. The lowest BCUT2D eigenvalue weighted by Crippen LogP contribution is -2.44. The van der Waals surface area contributed by atoms with Crippen molar-refractivity contribution in [1.82, 2.24) is 15.1 Å². The van der Waals surface area contributed by atoms with Crippen LogP contribution in [0.2, 0.25) is 0 Å². The zero-order valence-corrected chi connectivity index (χ0v) is 16.5. The molecular weight excluding hydrogens is 380 g/mol. The first-order chi connectivity index (χ1) is 14.7. The minimum absolute atomic E-state index is 0.0469. The van der Waals surface area contributed by atoms with Crippen LogP contribution in [0.25, 0.3) is 21.2 Å². The molecule has 0 saturated heterocycles. The number of aromatic nitrogens is 2. The molecule has 5 rings (SSSR count). The van der Waals surface area contributed by atoms with Gasteiger partial charge in [-0.25, -0.2) is 0 Å². The Morgan fingerprint density at radius 2 is 2.03 bits per heavy atom. The van der Waals surface area contributed by atoms with Crippen LogP contribution in [-0.4, -0.2) is 39.8 Å². The van der Waals surface area contributed by atoms with Gasteiger partial charge in [0.1, 0.15) is 5.75 Å². The number of H-pyrrole nitrogens is 1. The number of benzene rings is 2. The molecule has 1 heterocycles. The fraction of sp³-hybridized carbons (Fsp3) is 0.364. The van der Waals surface area contributed by atoms with Crippen molar-refractivity contribution in [2.24, 2.45) is 5.11 Å². The SMILES string of the molecule is [N-]=[N+]=NCOc1ccc2cc(C(=O)N(C3CC3)C3CCc4[nH]ncc4C3)ccc2c1. The van der Waals surface area contributed by atoms with E-state index in [-0.39, 0.29) is 18.7 Å². The second-order valence-corrected chi connectivity index (χ2v) is 7.94. The molecule has 2 aliphatic rings. The zero-order valence-electron chi connectivity index (χ0n) is 16.5. The molecule has 152 valence electrons. The highest BCUT2D eigenvalue weighted by molar-refractivity contribution is 5.99.